The quantitative estimate of drug-likeness (QED) is 0.669. The summed E-state index contributed by atoms with van der Waals surface area (Å²) in [4.78, 5) is 16.5. The second-order valence-corrected chi connectivity index (χ2v) is 5.27. The second kappa shape index (κ2) is 5.03. The first-order chi connectivity index (χ1) is 9.24. The number of benzene rings is 1. The van der Waals surface area contributed by atoms with Crippen LogP contribution in [0.25, 0.3) is 11.0 Å². The van der Waals surface area contributed by atoms with E-state index < -0.39 is 0 Å². The molecule has 0 unspecified atom stereocenters. The Kier molecular flexibility index (Phi) is 3.23. The zero-order chi connectivity index (χ0) is 13.2. The van der Waals surface area contributed by atoms with Crippen LogP contribution in [-0.2, 0) is 0 Å². The minimum atomic E-state index is -0.337. The Bertz CT molecular complexity index is 726. The van der Waals surface area contributed by atoms with Gasteiger partial charge in [0.2, 0.25) is 5.50 Å². The third-order valence-electron chi connectivity index (χ3n) is 2.92. The smallest absolute Gasteiger partial charge is 0.345 e. The highest BCUT2D eigenvalue weighted by Gasteiger charge is 2.15. The van der Waals surface area contributed by atoms with Crippen molar-refractivity contribution < 1.29 is 9.73 Å². The average Bonchev–Trinajstić information content (AvgIpc) is 2.90. The van der Waals surface area contributed by atoms with E-state index in [1.807, 2.05) is 48.1 Å². The summed E-state index contributed by atoms with van der Waals surface area (Å²) in [5, 5.41) is 4.90. The fourth-order valence-corrected chi connectivity index (χ4v) is 2.70. The lowest BCUT2D eigenvalue weighted by Gasteiger charge is -2.04. The summed E-state index contributed by atoms with van der Waals surface area (Å²) in [5.74, 6) is 0. The van der Waals surface area contributed by atoms with E-state index in [4.69, 9.17) is 4.42 Å². The number of thioether (sulfide) groups is 1. The van der Waals surface area contributed by atoms with Gasteiger partial charge in [0.25, 0.3) is 0 Å². The Morgan fingerprint density at radius 3 is 3.05 bits per heavy atom. The lowest BCUT2D eigenvalue weighted by Crippen LogP contribution is -2.81. The first kappa shape index (κ1) is 12.2. The molecule has 1 aliphatic heterocycles. The van der Waals surface area contributed by atoms with Crippen molar-refractivity contribution in [2.75, 3.05) is 0 Å². The van der Waals surface area contributed by atoms with E-state index in [2.05, 4.69) is 4.99 Å². The van der Waals surface area contributed by atoms with Crippen molar-refractivity contribution in [2.45, 2.75) is 12.4 Å². The highest BCUT2D eigenvalue weighted by molar-refractivity contribution is 8.02. The minimum Gasteiger partial charge on any atom is -0.422 e. The van der Waals surface area contributed by atoms with Crippen LogP contribution in [0.5, 0.6) is 0 Å². The third-order valence-corrected chi connectivity index (χ3v) is 3.78. The van der Waals surface area contributed by atoms with Crippen LogP contribution in [0.15, 0.2) is 56.1 Å². The van der Waals surface area contributed by atoms with Crippen molar-refractivity contribution in [3.63, 3.8) is 0 Å². The van der Waals surface area contributed by atoms with Crippen molar-refractivity contribution >= 4 is 28.4 Å². The molecule has 19 heavy (non-hydrogen) atoms. The Labute approximate surface area is 114 Å². The van der Waals surface area contributed by atoms with Gasteiger partial charge in [0.05, 0.1) is 11.3 Å². The van der Waals surface area contributed by atoms with Crippen LogP contribution in [-0.4, -0.2) is 11.2 Å². The van der Waals surface area contributed by atoms with Gasteiger partial charge in [-0.05, 0) is 30.8 Å². The molecule has 1 aliphatic rings. The van der Waals surface area contributed by atoms with E-state index in [-0.39, 0.29) is 11.1 Å². The van der Waals surface area contributed by atoms with E-state index in [0.29, 0.717) is 16.9 Å². The summed E-state index contributed by atoms with van der Waals surface area (Å²) in [5.41, 5.74) is 1.56. The molecule has 0 aliphatic carbocycles. The summed E-state index contributed by atoms with van der Waals surface area (Å²) in [7, 11) is 0. The molecule has 2 heterocycles. The summed E-state index contributed by atoms with van der Waals surface area (Å²) in [6, 6.07) is 9.32. The first-order valence-electron chi connectivity index (χ1n) is 5.97. The molecule has 1 aromatic heterocycles. The molecule has 0 saturated carbocycles. The number of quaternary nitrogens is 1. The van der Waals surface area contributed by atoms with Crippen LogP contribution in [0.2, 0.25) is 0 Å². The maximum atomic E-state index is 12.0. The normalized spacial score (nSPS) is 19.2. The predicted octanol–water partition coefficient (Wildman–Crippen LogP) is 1.67. The highest BCUT2D eigenvalue weighted by atomic mass is 32.2. The molecule has 2 aromatic rings. The third kappa shape index (κ3) is 2.47. The summed E-state index contributed by atoms with van der Waals surface area (Å²) >= 11 is 1.62. The van der Waals surface area contributed by atoms with Gasteiger partial charge in [-0.2, -0.15) is 0 Å². The first-order valence-corrected chi connectivity index (χ1v) is 6.91. The van der Waals surface area contributed by atoms with E-state index in [1.165, 1.54) is 0 Å². The molecule has 3 rings (SSSR count). The van der Waals surface area contributed by atoms with E-state index in [1.54, 1.807) is 17.8 Å². The standard InChI is InChI=1S/C14H12N2O2S/c1-9(16-14-15-6-7-19-14)11-8-10-4-2-3-5-12(10)18-13(11)17/h2-8,14-15H,1H3/p+1/t14-/m1/s1. The van der Waals surface area contributed by atoms with E-state index in [9.17, 15) is 4.79 Å². The van der Waals surface area contributed by atoms with E-state index >= 15 is 0 Å². The van der Waals surface area contributed by atoms with Crippen molar-refractivity contribution in [1.82, 2.24) is 0 Å². The largest absolute Gasteiger partial charge is 0.422 e. The van der Waals surface area contributed by atoms with Gasteiger partial charge in [-0.1, -0.05) is 18.2 Å². The predicted molar refractivity (Wildman–Crippen MR) is 77.1 cm³/mol. The Balaban J connectivity index is 2.04. The monoisotopic (exact) mass is 273 g/mol. The van der Waals surface area contributed by atoms with Gasteiger partial charge >= 0.3 is 5.63 Å². The molecule has 1 atom stereocenters. The number of hydrogen-bond acceptors (Lipinski definition) is 4. The highest BCUT2D eigenvalue weighted by Crippen LogP contribution is 2.15. The molecule has 4 nitrogen and oxygen atoms in total. The molecule has 5 heteroatoms. The molecule has 0 bridgehead atoms. The fraction of sp³-hybridized carbons (Fsp3) is 0.143. The van der Waals surface area contributed by atoms with Crippen LogP contribution in [0.1, 0.15) is 12.5 Å². The van der Waals surface area contributed by atoms with Crippen molar-refractivity contribution in [3.8, 4) is 0 Å². The Hall–Kier alpha value is -1.85. The van der Waals surface area contributed by atoms with Crippen LogP contribution in [0.3, 0.4) is 0 Å². The zero-order valence-corrected chi connectivity index (χ0v) is 11.2. The van der Waals surface area contributed by atoms with Crippen molar-refractivity contribution in [3.05, 3.63) is 57.9 Å². The summed E-state index contributed by atoms with van der Waals surface area (Å²) < 4.78 is 5.31. The molecule has 0 radical (unpaired) electrons. The summed E-state index contributed by atoms with van der Waals surface area (Å²) in [6.45, 7) is 1.84. The SMILES string of the molecule is CC(=N[C@H]1[NH2+]C=CS1)c1cc2ccccc2oc1=O. The second-order valence-electron chi connectivity index (χ2n) is 4.25. The van der Waals surface area contributed by atoms with Gasteiger partial charge in [-0.25, -0.2) is 9.79 Å². The Morgan fingerprint density at radius 2 is 2.26 bits per heavy atom. The van der Waals surface area contributed by atoms with Crippen LogP contribution < -0.4 is 10.9 Å². The molecule has 0 amide bonds. The van der Waals surface area contributed by atoms with Gasteiger partial charge < -0.3 is 4.42 Å². The van der Waals surface area contributed by atoms with Gasteiger partial charge in [0.15, 0.2) is 0 Å². The maximum absolute atomic E-state index is 12.0. The molecular weight excluding hydrogens is 260 g/mol. The van der Waals surface area contributed by atoms with Gasteiger partial charge in [-0.3, -0.25) is 5.32 Å². The molecule has 0 fully saturated rings. The zero-order valence-electron chi connectivity index (χ0n) is 10.4. The Morgan fingerprint density at radius 1 is 1.42 bits per heavy atom. The number of nitrogens with two attached hydrogens (primary N) is 1. The number of aliphatic imine (C=N–C) groups is 1. The maximum Gasteiger partial charge on any atom is 0.345 e. The topological polar surface area (TPSA) is 59.2 Å². The molecular formula is C14H13N2O2S+. The number of para-hydroxylation sites is 1. The van der Waals surface area contributed by atoms with Gasteiger partial charge in [-0.15, -0.1) is 0 Å². The molecule has 96 valence electrons. The molecule has 0 saturated heterocycles. The fourth-order valence-electron chi connectivity index (χ4n) is 1.96. The number of hydrogen-bond donors (Lipinski definition) is 1. The lowest BCUT2D eigenvalue weighted by atomic mass is 10.1. The molecule has 2 N–H and O–H groups in total. The number of nitrogens with zero attached hydrogens (tertiary/aromatic N) is 1. The molecule has 0 spiro atoms. The van der Waals surface area contributed by atoms with Crippen molar-refractivity contribution in [2.24, 2.45) is 4.99 Å². The average molecular weight is 273 g/mol. The van der Waals surface area contributed by atoms with Crippen molar-refractivity contribution in [1.29, 1.82) is 0 Å². The van der Waals surface area contributed by atoms with E-state index in [0.717, 1.165) is 5.39 Å². The molecule has 1 aromatic carbocycles. The van der Waals surface area contributed by atoms with Gasteiger partial charge in [0, 0.05) is 10.8 Å². The number of rotatable bonds is 2. The minimum absolute atomic E-state index is 0.0610. The number of fused-ring (bicyclic) bond motifs is 1. The van der Waals surface area contributed by atoms with Crippen LogP contribution in [0, 0.1) is 0 Å². The van der Waals surface area contributed by atoms with Crippen LogP contribution >= 0.6 is 11.8 Å². The van der Waals surface area contributed by atoms with Crippen LogP contribution in [0.4, 0.5) is 0 Å². The summed E-state index contributed by atoms with van der Waals surface area (Å²) in [6.07, 6.45) is 1.97. The van der Waals surface area contributed by atoms with Gasteiger partial charge in [0.1, 0.15) is 11.8 Å². The lowest BCUT2D eigenvalue weighted by molar-refractivity contribution is -0.596.